The van der Waals surface area contributed by atoms with Crippen molar-refractivity contribution < 1.29 is 13.7 Å². The lowest BCUT2D eigenvalue weighted by molar-refractivity contribution is 0.0932. The number of hydrogen-bond acceptors (Lipinski definition) is 5. The zero-order valence-electron chi connectivity index (χ0n) is 12.7. The van der Waals surface area contributed by atoms with Crippen molar-refractivity contribution in [3.8, 4) is 0 Å². The van der Waals surface area contributed by atoms with Crippen LogP contribution in [0.3, 0.4) is 0 Å². The molecule has 1 amide bonds. The molecule has 0 aliphatic carbocycles. The van der Waals surface area contributed by atoms with Gasteiger partial charge in [0.1, 0.15) is 5.76 Å². The minimum atomic E-state index is -0.394. The molecule has 1 aromatic carbocycles. The number of rotatable bonds is 6. The zero-order valence-corrected chi connectivity index (χ0v) is 12.7. The van der Waals surface area contributed by atoms with Gasteiger partial charge in [-0.3, -0.25) is 10.2 Å². The lowest BCUT2D eigenvalue weighted by Crippen LogP contribution is -2.33. The molecular formula is C18H15N3O3. The first-order valence-corrected chi connectivity index (χ1v) is 7.27. The van der Waals surface area contributed by atoms with Gasteiger partial charge in [0.05, 0.1) is 6.26 Å². The zero-order chi connectivity index (χ0) is 16.6. The minimum Gasteiger partial charge on any atom is -0.465 e. The van der Waals surface area contributed by atoms with E-state index in [1.165, 1.54) is 6.07 Å². The van der Waals surface area contributed by atoms with Crippen LogP contribution in [0.5, 0.6) is 0 Å². The fourth-order valence-electron chi connectivity index (χ4n) is 1.90. The number of nitrogens with zero attached hydrogens (tertiary/aromatic N) is 1. The van der Waals surface area contributed by atoms with E-state index >= 15 is 0 Å². The molecule has 0 aliphatic heterocycles. The highest BCUT2D eigenvalue weighted by Crippen LogP contribution is 2.10. The molecule has 0 fully saturated rings. The summed E-state index contributed by atoms with van der Waals surface area (Å²) in [5.41, 5.74) is 6.41. The summed E-state index contributed by atoms with van der Waals surface area (Å²) in [6, 6.07) is 14.9. The molecule has 2 heterocycles. The van der Waals surface area contributed by atoms with E-state index in [-0.39, 0.29) is 5.69 Å². The molecule has 2 aromatic heterocycles. The van der Waals surface area contributed by atoms with Gasteiger partial charge in [-0.1, -0.05) is 35.5 Å². The summed E-state index contributed by atoms with van der Waals surface area (Å²) < 4.78 is 10.2. The molecule has 0 bridgehead atoms. The van der Waals surface area contributed by atoms with E-state index in [1.54, 1.807) is 30.7 Å². The number of carbonyl (C=O) groups excluding carboxylic acids is 1. The quantitative estimate of drug-likeness (QED) is 0.681. The van der Waals surface area contributed by atoms with Gasteiger partial charge < -0.3 is 14.4 Å². The van der Waals surface area contributed by atoms with E-state index in [1.807, 2.05) is 42.5 Å². The van der Waals surface area contributed by atoms with E-state index in [0.29, 0.717) is 11.5 Å². The highest BCUT2D eigenvalue weighted by molar-refractivity contribution is 5.92. The largest absolute Gasteiger partial charge is 0.465 e. The molecule has 0 saturated heterocycles. The van der Waals surface area contributed by atoms with Crippen molar-refractivity contribution in [2.45, 2.75) is 0 Å². The predicted octanol–water partition coefficient (Wildman–Crippen LogP) is 3.34. The Morgan fingerprint density at radius 3 is 2.62 bits per heavy atom. The number of amides is 1. The first kappa shape index (κ1) is 15.4. The number of furan rings is 1. The molecule has 120 valence electrons. The van der Waals surface area contributed by atoms with Gasteiger partial charge in [0.2, 0.25) is 0 Å². The van der Waals surface area contributed by atoms with Crippen LogP contribution in [0.4, 0.5) is 0 Å². The van der Waals surface area contributed by atoms with Gasteiger partial charge in [0, 0.05) is 12.3 Å². The van der Waals surface area contributed by atoms with Crippen molar-refractivity contribution in [3.05, 3.63) is 83.8 Å². The molecule has 6 heteroatoms. The Bertz CT molecular complexity index is 834. The molecule has 0 atom stereocenters. The van der Waals surface area contributed by atoms with Crippen LogP contribution in [0.25, 0.3) is 18.2 Å². The third-order valence-electron chi connectivity index (χ3n) is 3.06. The van der Waals surface area contributed by atoms with E-state index in [9.17, 15) is 4.79 Å². The lowest BCUT2D eigenvalue weighted by Gasteiger charge is -2.00. The summed E-state index contributed by atoms with van der Waals surface area (Å²) >= 11 is 0. The number of nitrogens with one attached hydrogen (secondary N) is 2. The summed E-state index contributed by atoms with van der Waals surface area (Å²) in [6.07, 6.45) is 8.44. The van der Waals surface area contributed by atoms with Crippen LogP contribution in [-0.2, 0) is 0 Å². The Kier molecular flexibility index (Phi) is 4.89. The van der Waals surface area contributed by atoms with E-state index in [2.05, 4.69) is 16.0 Å². The molecule has 6 nitrogen and oxygen atoms in total. The highest BCUT2D eigenvalue weighted by Gasteiger charge is 2.10. The van der Waals surface area contributed by atoms with Crippen LogP contribution < -0.4 is 10.9 Å². The van der Waals surface area contributed by atoms with Crippen molar-refractivity contribution in [2.24, 2.45) is 0 Å². The Morgan fingerprint density at radius 1 is 1.00 bits per heavy atom. The molecule has 0 radical (unpaired) electrons. The second-order valence-corrected chi connectivity index (χ2v) is 4.81. The molecular weight excluding hydrogens is 306 g/mol. The SMILES string of the molecule is O=C(NN/C=C/c1ccccc1)c1cc(/C=C\c2ccco2)on1. The first-order chi connectivity index (χ1) is 11.8. The second kappa shape index (κ2) is 7.64. The molecule has 3 aromatic rings. The molecule has 3 rings (SSSR count). The van der Waals surface area contributed by atoms with Crippen LogP contribution in [0.2, 0.25) is 0 Å². The lowest BCUT2D eigenvalue weighted by atomic mass is 10.2. The first-order valence-electron chi connectivity index (χ1n) is 7.27. The summed E-state index contributed by atoms with van der Waals surface area (Å²) in [6.45, 7) is 0. The van der Waals surface area contributed by atoms with E-state index in [0.717, 1.165) is 5.56 Å². The van der Waals surface area contributed by atoms with Crippen LogP contribution >= 0.6 is 0 Å². The maximum atomic E-state index is 11.9. The van der Waals surface area contributed by atoms with Gasteiger partial charge >= 0.3 is 0 Å². The number of benzene rings is 1. The van der Waals surface area contributed by atoms with Crippen molar-refractivity contribution in [3.63, 3.8) is 0 Å². The third kappa shape index (κ3) is 4.23. The Hall–Kier alpha value is -3.54. The maximum Gasteiger partial charge on any atom is 0.291 e. The van der Waals surface area contributed by atoms with Crippen LogP contribution in [0.1, 0.15) is 27.6 Å². The predicted molar refractivity (Wildman–Crippen MR) is 90.2 cm³/mol. The van der Waals surface area contributed by atoms with Crippen LogP contribution in [0, 0.1) is 0 Å². The van der Waals surface area contributed by atoms with Gasteiger partial charge in [-0.05, 0) is 35.9 Å². The number of hydrogen-bond donors (Lipinski definition) is 2. The Balaban J connectivity index is 1.51. The summed E-state index contributed by atoms with van der Waals surface area (Å²) in [4.78, 5) is 11.9. The average Bonchev–Trinajstić information content (AvgIpc) is 3.29. The van der Waals surface area contributed by atoms with Gasteiger partial charge in [0.15, 0.2) is 11.5 Å². The van der Waals surface area contributed by atoms with Gasteiger partial charge in [-0.15, -0.1) is 0 Å². The molecule has 0 unspecified atom stereocenters. The van der Waals surface area contributed by atoms with Gasteiger partial charge in [-0.2, -0.15) is 0 Å². The van der Waals surface area contributed by atoms with Gasteiger partial charge in [-0.25, -0.2) is 0 Å². The summed E-state index contributed by atoms with van der Waals surface area (Å²) in [5, 5.41) is 3.72. The van der Waals surface area contributed by atoms with Crippen molar-refractivity contribution in [1.82, 2.24) is 16.0 Å². The third-order valence-corrected chi connectivity index (χ3v) is 3.06. The average molecular weight is 321 g/mol. The van der Waals surface area contributed by atoms with Crippen LogP contribution in [0.15, 0.2) is 69.9 Å². The summed E-state index contributed by atoms with van der Waals surface area (Å²) in [7, 11) is 0. The fraction of sp³-hybridized carbons (Fsp3) is 0. The number of aromatic nitrogens is 1. The minimum absolute atomic E-state index is 0.176. The standard InChI is InChI=1S/C18H15N3O3/c22-18(20-19-11-10-14-5-2-1-3-6-14)17-13-16(24-21-17)9-8-15-7-4-12-23-15/h1-13,19H,(H,20,22)/b9-8-,11-10+. The molecule has 0 aliphatic rings. The number of hydrazine groups is 1. The van der Waals surface area contributed by atoms with Crippen molar-refractivity contribution >= 4 is 24.1 Å². The Labute approximate surface area is 138 Å². The second-order valence-electron chi connectivity index (χ2n) is 4.81. The molecule has 2 N–H and O–H groups in total. The van der Waals surface area contributed by atoms with Crippen molar-refractivity contribution in [1.29, 1.82) is 0 Å². The topological polar surface area (TPSA) is 80.3 Å². The molecule has 24 heavy (non-hydrogen) atoms. The Morgan fingerprint density at radius 2 is 1.83 bits per heavy atom. The number of carbonyl (C=O) groups is 1. The highest BCUT2D eigenvalue weighted by atomic mass is 16.5. The summed E-state index contributed by atoms with van der Waals surface area (Å²) in [5.74, 6) is 0.746. The molecule has 0 saturated carbocycles. The van der Waals surface area contributed by atoms with E-state index < -0.39 is 5.91 Å². The van der Waals surface area contributed by atoms with Gasteiger partial charge in [0.25, 0.3) is 5.91 Å². The monoisotopic (exact) mass is 321 g/mol. The molecule has 0 spiro atoms. The van der Waals surface area contributed by atoms with Crippen molar-refractivity contribution in [2.75, 3.05) is 0 Å². The smallest absolute Gasteiger partial charge is 0.291 e. The maximum absolute atomic E-state index is 11.9. The van der Waals surface area contributed by atoms with E-state index in [4.69, 9.17) is 8.94 Å². The van der Waals surface area contributed by atoms with Crippen LogP contribution in [-0.4, -0.2) is 11.1 Å². The fourth-order valence-corrected chi connectivity index (χ4v) is 1.90. The normalized spacial score (nSPS) is 11.2.